The molecule has 4 aromatic rings. The van der Waals surface area contributed by atoms with E-state index in [0.29, 0.717) is 16.8 Å². The molecule has 1 heterocycles. The van der Waals surface area contributed by atoms with Crippen molar-refractivity contribution in [2.75, 3.05) is 6.61 Å². The zero-order valence-corrected chi connectivity index (χ0v) is 20.0. The first kappa shape index (κ1) is 23.3. The van der Waals surface area contributed by atoms with Gasteiger partial charge in [0.1, 0.15) is 5.75 Å². The van der Waals surface area contributed by atoms with Gasteiger partial charge in [0.25, 0.3) is 0 Å². The maximum atomic E-state index is 5.98. The second-order valence-electron chi connectivity index (χ2n) is 8.47. The van der Waals surface area contributed by atoms with Crippen LogP contribution in [0.25, 0.3) is 33.7 Å². The van der Waals surface area contributed by atoms with E-state index < -0.39 is 0 Å². The molecule has 33 heavy (non-hydrogen) atoms. The number of hydrogen-bond donors (Lipinski definition) is 0. The number of aromatic nitrogens is 2. The van der Waals surface area contributed by atoms with Gasteiger partial charge in [0.05, 0.1) is 6.61 Å². The average molecular weight is 463 g/mol. The zero-order chi connectivity index (χ0) is 22.9. The van der Waals surface area contributed by atoms with E-state index in [1.165, 1.54) is 44.9 Å². The van der Waals surface area contributed by atoms with Crippen molar-refractivity contribution in [1.82, 2.24) is 10.2 Å². The van der Waals surface area contributed by atoms with Crippen LogP contribution in [0, 0.1) is 0 Å². The monoisotopic (exact) mass is 462 g/mol. The molecule has 0 amide bonds. The van der Waals surface area contributed by atoms with Crippen LogP contribution in [0.5, 0.6) is 5.75 Å². The van der Waals surface area contributed by atoms with Crippen molar-refractivity contribution in [3.05, 3.63) is 65.7 Å². The molecule has 0 fully saturated rings. The quantitative estimate of drug-likeness (QED) is 0.197. The first-order chi connectivity index (χ1) is 16.2. The van der Waals surface area contributed by atoms with Crippen molar-refractivity contribution in [3.8, 4) is 28.7 Å². The summed E-state index contributed by atoms with van der Waals surface area (Å²) in [5.74, 6) is 1.89. The van der Waals surface area contributed by atoms with Crippen molar-refractivity contribution >= 4 is 22.4 Å². The molecule has 0 atom stereocenters. The molecule has 0 unspecified atom stereocenters. The molecule has 1 aromatic heterocycles. The molecule has 0 aliphatic rings. The molecule has 0 radical (unpaired) electrons. The third kappa shape index (κ3) is 6.58. The highest BCUT2D eigenvalue weighted by Gasteiger charge is 2.11. The van der Waals surface area contributed by atoms with Gasteiger partial charge in [-0.05, 0) is 65.7 Å². The highest BCUT2D eigenvalue weighted by atomic mass is 35.5. The van der Waals surface area contributed by atoms with Gasteiger partial charge in [0.2, 0.25) is 11.8 Å². The number of benzene rings is 3. The van der Waals surface area contributed by atoms with Gasteiger partial charge in [-0.3, -0.25) is 0 Å². The third-order valence-corrected chi connectivity index (χ3v) is 6.09. The standard InChI is InChI=1S/C28H31ClN2O2/c1-2-3-4-5-6-7-8-9-18-32-26-17-14-22-19-24(11-10-23(22)20-26)28-31-30-27(33-28)21-12-15-25(29)16-13-21/h10-17,19-20H,2-9,18H2,1H3. The fraction of sp³-hybridized carbons (Fsp3) is 0.357. The average Bonchev–Trinajstić information content (AvgIpc) is 3.33. The van der Waals surface area contributed by atoms with Crippen LogP contribution in [0.4, 0.5) is 0 Å². The summed E-state index contributed by atoms with van der Waals surface area (Å²) in [6, 6.07) is 19.7. The van der Waals surface area contributed by atoms with Gasteiger partial charge in [-0.15, -0.1) is 10.2 Å². The van der Waals surface area contributed by atoms with Crippen molar-refractivity contribution < 1.29 is 9.15 Å². The largest absolute Gasteiger partial charge is 0.494 e. The van der Waals surface area contributed by atoms with Crippen molar-refractivity contribution in [3.63, 3.8) is 0 Å². The highest BCUT2D eigenvalue weighted by Crippen LogP contribution is 2.29. The molecular weight excluding hydrogens is 432 g/mol. The molecule has 4 nitrogen and oxygen atoms in total. The molecule has 4 rings (SSSR count). The summed E-state index contributed by atoms with van der Waals surface area (Å²) >= 11 is 5.96. The Bertz CT molecular complexity index is 1150. The van der Waals surface area contributed by atoms with Gasteiger partial charge in [-0.1, -0.05) is 75.6 Å². The Balaban J connectivity index is 1.31. The molecular formula is C28H31ClN2O2. The topological polar surface area (TPSA) is 48.2 Å². The molecule has 5 heteroatoms. The lowest BCUT2D eigenvalue weighted by atomic mass is 10.1. The molecule has 0 saturated carbocycles. The zero-order valence-electron chi connectivity index (χ0n) is 19.2. The fourth-order valence-electron chi connectivity index (χ4n) is 3.92. The van der Waals surface area contributed by atoms with Gasteiger partial charge in [-0.25, -0.2) is 0 Å². The lowest BCUT2D eigenvalue weighted by Crippen LogP contribution is -1.97. The van der Waals surface area contributed by atoms with Gasteiger partial charge in [-0.2, -0.15) is 0 Å². The number of unbranched alkanes of at least 4 members (excludes halogenated alkanes) is 7. The third-order valence-electron chi connectivity index (χ3n) is 5.84. The van der Waals surface area contributed by atoms with Gasteiger partial charge in [0, 0.05) is 16.1 Å². The van der Waals surface area contributed by atoms with E-state index >= 15 is 0 Å². The van der Waals surface area contributed by atoms with E-state index in [1.807, 2.05) is 36.4 Å². The number of hydrogen-bond acceptors (Lipinski definition) is 4. The van der Waals surface area contributed by atoms with Crippen LogP contribution in [-0.4, -0.2) is 16.8 Å². The van der Waals surface area contributed by atoms with Gasteiger partial charge >= 0.3 is 0 Å². The summed E-state index contributed by atoms with van der Waals surface area (Å²) in [7, 11) is 0. The molecule has 172 valence electrons. The van der Waals surface area contributed by atoms with Crippen LogP contribution in [-0.2, 0) is 0 Å². The number of nitrogens with zero attached hydrogens (tertiary/aromatic N) is 2. The van der Waals surface area contributed by atoms with E-state index in [4.69, 9.17) is 20.8 Å². The number of ether oxygens (including phenoxy) is 1. The molecule has 0 saturated heterocycles. The number of rotatable bonds is 12. The summed E-state index contributed by atoms with van der Waals surface area (Å²) < 4.78 is 11.9. The lowest BCUT2D eigenvalue weighted by molar-refractivity contribution is 0.304. The van der Waals surface area contributed by atoms with Gasteiger partial charge < -0.3 is 9.15 Å². The Hall–Kier alpha value is -2.85. The first-order valence-electron chi connectivity index (χ1n) is 12.0. The number of fused-ring (bicyclic) bond motifs is 1. The van der Waals surface area contributed by atoms with Crippen molar-refractivity contribution in [1.29, 1.82) is 0 Å². The van der Waals surface area contributed by atoms with Crippen LogP contribution in [0.15, 0.2) is 65.1 Å². The molecule has 0 spiro atoms. The maximum Gasteiger partial charge on any atom is 0.248 e. The summed E-state index contributed by atoms with van der Waals surface area (Å²) in [6.45, 7) is 3.03. The second kappa shape index (κ2) is 11.9. The molecule has 0 bridgehead atoms. The molecule has 3 aromatic carbocycles. The van der Waals surface area contributed by atoms with Crippen LogP contribution >= 0.6 is 11.6 Å². The smallest absolute Gasteiger partial charge is 0.248 e. The van der Waals surface area contributed by atoms with E-state index in [9.17, 15) is 0 Å². The molecule has 0 aliphatic carbocycles. The summed E-state index contributed by atoms with van der Waals surface area (Å²) in [5, 5.41) is 11.3. The fourth-order valence-corrected chi connectivity index (χ4v) is 4.05. The highest BCUT2D eigenvalue weighted by molar-refractivity contribution is 6.30. The first-order valence-corrected chi connectivity index (χ1v) is 12.4. The Morgan fingerprint density at radius 1 is 0.697 bits per heavy atom. The normalized spacial score (nSPS) is 11.2. The number of halogens is 1. The Morgan fingerprint density at radius 3 is 2.06 bits per heavy atom. The molecule has 0 aliphatic heterocycles. The van der Waals surface area contributed by atoms with Crippen molar-refractivity contribution in [2.24, 2.45) is 0 Å². The molecule has 0 N–H and O–H groups in total. The van der Waals surface area contributed by atoms with Crippen LogP contribution in [0.1, 0.15) is 58.3 Å². The van der Waals surface area contributed by atoms with Crippen LogP contribution in [0.3, 0.4) is 0 Å². The second-order valence-corrected chi connectivity index (χ2v) is 8.90. The SMILES string of the molecule is CCCCCCCCCCOc1ccc2cc(-c3nnc(-c4ccc(Cl)cc4)o3)ccc2c1. The minimum Gasteiger partial charge on any atom is -0.494 e. The Morgan fingerprint density at radius 2 is 1.30 bits per heavy atom. The van der Waals surface area contributed by atoms with Gasteiger partial charge in [0.15, 0.2) is 0 Å². The summed E-state index contributed by atoms with van der Waals surface area (Å²) in [4.78, 5) is 0. The van der Waals surface area contributed by atoms with E-state index in [0.717, 1.165) is 40.7 Å². The van der Waals surface area contributed by atoms with Crippen molar-refractivity contribution in [2.45, 2.75) is 58.3 Å². The minimum atomic E-state index is 0.478. The predicted octanol–water partition coefficient (Wildman–Crippen LogP) is 8.73. The van der Waals surface area contributed by atoms with Crippen LogP contribution in [0.2, 0.25) is 5.02 Å². The summed E-state index contributed by atoms with van der Waals surface area (Å²) in [5.41, 5.74) is 1.74. The summed E-state index contributed by atoms with van der Waals surface area (Å²) in [6.07, 6.45) is 10.4. The Labute approximate surface area is 200 Å². The minimum absolute atomic E-state index is 0.478. The van der Waals surface area contributed by atoms with E-state index in [-0.39, 0.29) is 0 Å². The predicted molar refractivity (Wildman–Crippen MR) is 136 cm³/mol. The maximum absolute atomic E-state index is 5.98. The van der Waals surface area contributed by atoms with Crippen LogP contribution < -0.4 is 4.74 Å². The Kier molecular flexibility index (Phi) is 8.37. The lowest BCUT2D eigenvalue weighted by Gasteiger charge is -2.08. The van der Waals surface area contributed by atoms with E-state index in [2.05, 4.69) is 41.4 Å². The van der Waals surface area contributed by atoms with E-state index in [1.54, 1.807) is 0 Å².